The average Bonchev–Trinajstić information content (AvgIpc) is 2.54. The number of likely N-dealkylation sites (N-methyl/N-ethyl adjacent to an activating group) is 1. The lowest BCUT2D eigenvalue weighted by Gasteiger charge is -2.06. The van der Waals surface area contributed by atoms with Crippen molar-refractivity contribution in [1.82, 2.24) is 4.90 Å². The van der Waals surface area contributed by atoms with Crippen LogP contribution in [0.5, 0.6) is 5.75 Å². The van der Waals surface area contributed by atoms with E-state index in [0.29, 0.717) is 17.0 Å². The first-order chi connectivity index (χ1) is 8.11. The summed E-state index contributed by atoms with van der Waals surface area (Å²) in [6.07, 6.45) is 1.61. The lowest BCUT2D eigenvalue weighted by Crippen LogP contribution is -2.27. The van der Waals surface area contributed by atoms with Crippen molar-refractivity contribution in [3.05, 3.63) is 34.7 Å². The van der Waals surface area contributed by atoms with Gasteiger partial charge in [0.25, 0.3) is 11.1 Å². The van der Waals surface area contributed by atoms with Gasteiger partial charge in [-0.2, -0.15) is 0 Å². The molecule has 2 amide bonds. The SMILES string of the molecule is CCN1C(=O)S/C(=C/c2cccc(O)c2)C1=O. The molecule has 88 valence electrons. The number of amides is 2. The zero-order valence-electron chi connectivity index (χ0n) is 9.21. The number of carbonyl (C=O) groups excluding carboxylic acids is 2. The largest absolute Gasteiger partial charge is 0.508 e. The number of aromatic hydroxyl groups is 1. The molecule has 1 aliphatic heterocycles. The molecule has 1 aromatic carbocycles. The maximum Gasteiger partial charge on any atom is 0.293 e. The molecule has 1 N–H and O–H groups in total. The highest BCUT2D eigenvalue weighted by molar-refractivity contribution is 8.18. The van der Waals surface area contributed by atoms with Crippen LogP contribution in [0.2, 0.25) is 0 Å². The van der Waals surface area contributed by atoms with Gasteiger partial charge in [0.1, 0.15) is 5.75 Å². The summed E-state index contributed by atoms with van der Waals surface area (Å²) in [4.78, 5) is 24.8. The summed E-state index contributed by atoms with van der Waals surface area (Å²) in [6, 6.07) is 6.54. The Kier molecular flexibility index (Phi) is 3.19. The van der Waals surface area contributed by atoms with Gasteiger partial charge in [-0.3, -0.25) is 14.5 Å². The standard InChI is InChI=1S/C12H11NO3S/c1-2-13-11(15)10(17-12(13)16)7-8-4-3-5-9(14)6-8/h3-7,14H,2H2,1H3/b10-7+. The predicted octanol–water partition coefficient (Wildman–Crippen LogP) is 2.45. The number of hydrogen-bond acceptors (Lipinski definition) is 4. The van der Waals surface area contributed by atoms with E-state index in [0.717, 1.165) is 11.8 Å². The summed E-state index contributed by atoms with van der Waals surface area (Å²) in [5.74, 6) is -0.140. The number of hydrogen-bond donors (Lipinski definition) is 1. The van der Waals surface area contributed by atoms with Crippen LogP contribution in [0.3, 0.4) is 0 Å². The van der Waals surface area contributed by atoms with Crippen LogP contribution in [-0.4, -0.2) is 27.7 Å². The quantitative estimate of drug-likeness (QED) is 0.818. The highest BCUT2D eigenvalue weighted by Gasteiger charge is 2.33. The fourth-order valence-corrected chi connectivity index (χ4v) is 2.44. The predicted molar refractivity (Wildman–Crippen MR) is 66.5 cm³/mol. The third-order valence-electron chi connectivity index (χ3n) is 2.36. The summed E-state index contributed by atoms with van der Waals surface area (Å²) in [5, 5.41) is 9.06. The fraction of sp³-hybridized carbons (Fsp3) is 0.167. The van der Waals surface area contributed by atoms with Crippen molar-refractivity contribution in [3.8, 4) is 5.75 Å². The van der Waals surface area contributed by atoms with Crippen molar-refractivity contribution in [2.45, 2.75) is 6.92 Å². The van der Waals surface area contributed by atoms with Gasteiger partial charge in [0, 0.05) is 6.54 Å². The summed E-state index contributed by atoms with van der Waals surface area (Å²) >= 11 is 0.924. The molecule has 17 heavy (non-hydrogen) atoms. The van der Waals surface area contributed by atoms with Crippen molar-refractivity contribution in [2.75, 3.05) is 6.54 Å². The van der Waals surface area contributed by atoms with Crippen LogP contribution in [-0.2, 0) is 4.79 Å². The van der Waals surface area contributed by atoms with Crippen LogP contribution >= 0.6 is 11.8 Å². The van der Waals surface area contributed by atoms with Crippen molar-refractivity contribution in [1.29, 1.82) is 0 Å². The molecule has 0 aliphatic carbocycles. The molecular formula is C12H11NO3S. The molecular weight excluding hydrogens is 238 g/mol. The molecule has 0 bridgehead atoms. The zero-order valence-corrected chi connectivity index (χ0v) is 10.0. The minimum atomic E-state index is -0.272. The maximum atomic E-state index is 11.8. The van der Waals surface area contributed by atoms with E-state index < -0.39 is 0 Å². The Morgan fingerprint density at radius 2 is 2.18 bits per heavy atom. The summed E-state index contributed by atoms with van der Waals surface area (Å²) in [5.41, 5.74) is 0.701. The number of phenols is 1. The lowest BCUT2D eigenvalue weighted by atomic mass is 10.2. The van der Waals surface area contributed by atoms with E-state index in [1.807, 2.05) is 0 Å². The molecule has 0 saturated carbocycles. The summed E-state index contributed by atoms with van der Waals surface area (Å²) in [6.45, 7) is 2.13. The third-order valence-corrected chi connectivity index (χ3v) is 3.27. The van der Waals surface area contributed by atoms with E-state index in [9.17, 15) is 14.7 Å². The molecule has 5 heteroatoms. The van der Waals surface area contributed by atoms with Crippen LogP contribution in [0.15, 0.2) is 29.2 Å². The number of benzene rings is 1. The van der Waals surface area contributed by atoms with Gasteiger partial charge in [0.15, 0.2) is 0 Å². The van der Waals surface area contributed by atoms with Gasteiger partial charge in [-0.05, 0) is 42.5 Å². The second-order valence-electron chi connectivity index (χ2n) is 3.52. The van der Waals surface area contributed by atoms with E-state index in [1.54, 1.807) is 37.3 Å². The molecule has 1 heterocycles. The molecule has 0 unspecified atom stereocenters. The first kappa shape index (κ1) is 11.7. The van der Waals surface area contributed by atoms with Crippen LogP contribution in [0, 0.1) is 0 Å². The Balaban J connectivity index is 2.30. The Labute approximate surface area is 103 Å². The van der Waals surface area contributed by atoms with Crippen LogP contribution in [0.1, 0.15) is 12.5 Å². The monoisotopic (exact) mass is 249 g/mol. The summed E-state index contributed by atoms with van der Waals surface area (Å²) in [7, 11) is 0. The first-order valence-corrected chi connectivity index (χ1v) is 5.98. The Bertz CT molecular complexity index is 510. The molecule has 2 rings (SSSR count). The number of rotatable bonds is 2. The highest BCUT2D eigenvalue weighted by atomic mass is 32.2. The van der Waals surface area contributed by atoms with Crippen molar-refractivity contribution in [2.24, 2.45) is 0 Å². The third kappa shape index (κ3) is 2.34. The maximum absolute atomic E-state index is 11.8. The fourth-order valence-electron chi connectivity index (χ4n) is 1.54. The highest BCUT2D eigenvalue weighted by Crippen LogP contribution is 2.32. The van der Waals surface area contributed by atoms with E-state index in [4.69, 9.17) is 0 Å². The second kappa shape index (κ2) is 4.63. The molecule has 1 aromatic rings. The zero-order chi connectivity index (χ0) is 12.4. The Morgan fingerprint density at radius 1 is 1.41 bits per heavy atom. The smallest absolute Gasteiger partial charge is 0.293 e. The molecule has 0 spiro atoms. The summed E-state index contributed by atoms with van der Waals surface area (Å²) < 4.78 is 0. The molecule has 4 nitrogen and oxygen atoms in total. The normalized spacial score (nSPS) is 18.2. The van der Waals surface area contributed by atoms with Gasteiger partial charge < -0.3 is 5.11 Å². The first-order valence-electron chi connectivity index (χ1n) is 5.16. The molecule has 1 aliphatic rings. The molecule has 1 fully saturated rings. The van der Waals surface area contributed by atoms with E-state index in [-0.39, 0.29) is 16.9 Å². The average molecular weight is 249 g/mol. The van der Waals surface area contributed by atoms with E-state index in [2.05, 4.69) is 0 Å². The van der Waals surface area contributed by atoms with Crippen LogP contribution < -0.4 is 0 Å². The minimum Gasteiger partial charge on any atom is -0.508 e. The van der Waals surface area contributed by atoms with Gasteiger partial charge in [0.05, 0.1) is 4.91 Å². The number of thioether (sulfide) groups is 1. The van der Waals surface area contributed by atoms with Crippen LogP contribution in [0.25, 0.3) is 6.08 Å². The molecule has 0 aromatic heterocycles. The number of imide groups is 1. The molecule has 0 radical (unpaired) electrons. The van der Waals surface area contributed by atoms with Gasteiger partial charge >= 0.3 is 0 Å². The number of carbonyl (C=O) groups is 2. The van der Waals surface area contributed by atoms with Gasteiger partial charge in [-0.1, -0.05) is 12.1 Å². The van der Waals surface area contributed by atoms with Crippen molar-refractivity contribution < 1.29 is 14.7 Å². The van der Waals surface area contributed by atoms with Gasteiger partial charge in [-0.15, -0.1) is 0 Å². The van der Waals surface area contributed by atoms with E-state index in [1.165, 1.54) is 4.90 Å². The van der Waals surface area contributed by atoms with Crippen LogP contribution in [0.4, 0.5) is 4.79 Å². The van der Waals surface area contributed by atoms with Gasteiger partial charge in [0.2, 0.25) is 0 Å². The number of phenolic OH excluding ortho intramolecular Hbond substituents is 1. The molecule has 1 saturated heterocycles. The minimum absolute atomic E-state index is 0.133. The Hall–Kier alpha value is -1.75. The Morgan fingerprint density at radius 3 is 2.76 bits per heavy atom. The van der Waals surface area contributed by atoms with Crippen molar-refractivity contribution in [3.63, 3.8) is 0 Å². The lowest BCUT2D eigenvalue weighted by molar-refractivity contribution is -0.122. The van der Waals surface area contributed by atoms with E-state index >= 15 is 0 Å². The topological polar surface area (TPSA) is 57.6 Å². The second-order valence-corrected chi connectivity index (χ2v) is 4.51. The number of nitrogens with zero attached hydrogens (tertiary/aromatic N) is 1. The molecule has 0 atom stereocenters. The van der Waals surface area contributed by atoms with Crippen molar-refractivity contribution >= 4 is 29.0 Å². The van der Waals surface area contributed by atoms with Gasteiger partial charge in [-0.25, -0.2) is 0 Å².